The summed E-state index contributed by atoms with van der Waals surface area (Å²) in [5, 5.41) is 3.29. The average molecular weight is 377 g/mol. The largest absolute Gasteiger partial charge is 0.489 e. The topological polar surface area (TPSA) is 47.6 Å². The van der Waals surface area contributed by atoms with Crippen molar-refractivity contribution in [3.63, 3.8) is 0 Å². The Hall–Kier alpha value is -3.01. The number of carbonyl (C=O) groups is 1. The second-order valence-electron chi connectivity index (χ2n) is 7.21. The van der Waals surface area contributed by atoms with E-state index in [1.165, 1.54) is 12.7 Å². The van der Waals surface area contributed by atoms with Crippen molar-refractivity contribution in [2.75, 3.05) is 7.11 Å². The minimum absolute atomic E-state index is 0.206. The third-order valence-corrected chi connectivity index (χ3v) is 5.24. The Bertz CT molecular complexity index is 939. The van der Waals surface area contributed by atoms with Gasteiger partial charge in [0.15, 0.2) is 0 Å². The number of methoxy groups -OCH3 is 1. The van der Waals surface area contributed by atoms with Crippen LogP contribution in [0.1, 0.15) is 43.4 Å². The smallest absolute Gasteiger partial charge is 0.336 e. The van der Waals surface area contributed by atoms with Gasteiger partial charge in [-0.2, -0.15) is 0 Å². The molecule has 0 aromatic heterocycles. The Balaban J connectivity index is 1.98. The molecule has 2 aromatic carbocycles. The summed E-state index contributed by atoms with van der Waals surface area (Å²) >= 11 is 0. The first-order valence-corrected chi connectivity index (χ1v) is 9.43. The van der Waals surface area contributed by atoms with E-state index in [-0.39, 0.29) is 11.9 Å². The van der Waals surface area contributed by atoms with Crippen molar-refractivity contribution >= 4 is 5.97 Å². The molecule has 4 heteroatoms. The Morgan fingerprint density at radius 2 is 1.64 bits per heavy atom. The SMILES string of the molecule is COC(=O)C1=C(C)NC(C)=C(C)C1c1ccccc1OCc1ccc(C)cc1. The quantitative estimate of drug-likeness (QED) is 0.745. The Morgan fingerprint density at radius 3 is 2.32 bits per heavy atom. The summed E-state index contributed by atoms with van der Waals surface area (Å²) in [6.45, 7) is 8.51. The summed E-state index contributed by atoms with van der Waals surface area (Å²) in [5.74, 6) is 0.245. The summed E-state index contributed by atoms with van der Waals surface area (Å²) in [6, 6.07) is 16.2. The van der Waals surface area contributed by atoms with E-state index in [1.54, 1.807) is 0 Å². The van der Waals surface area contributed by atoms with Crippen molar-refractivity contribution in [2.24, 2.45) is 0 Å². The van der Waals surface area contributed by atoms with Gasteiger partial charge in [0.05, 0.1) is 12.7 Å². The Morgan fingerprint density at radius 1 is 0.964 bits per heavy atom. The molecule has 1 aliphatic heterocycles. The van der Waals surface area contributed by atoms with Crippen LogP contribution in [0.5, 0.6) is 5.75 Å². The normalized spacial score (nSPS) is 16.7. The van der Waals surface area contributed by atoms with Gasteiger partial charge in [0.25, 0.3) is 0 Å². The van der Waals surface area contributed by atoms with E-state index in [4.69, 9.17) is 9.47 Å². The van der Waals surface area contributed by atoms with Crippen LogP contribution in [0.15, 0.2) is 71.1 Å². The molecule has 0 saturated carbocycles. The second kappa shape index (κ2) is 8.34. The number of ether oxygens (including phenoxy) is 2. The highest BCUT2D eigenvalue weighted by Crippen LogP contribution is 2.42. The van der Waals surface area contributed by atoms with Crippen LogP contribution in [0.25, 0.3) is 0 Å². The van der Waals surface area contributed by atoms with Crippen molar-refractivity contribution in [3.05, 3.63) is 87.8 Å². The molecule has 4 nitrogen and oxygen atoms in total. The fraction of sp³-hybridized carbons (Fsp3) is 0.292. The minimum Gasteiger partial charge on any atom is -0.489 e. The van der Waals surface area contributed by atoms with E-state index < -0.39 is 0 Å². The van der Waals surface area contributed by atoms with Crippen LogP contribution in [0.3, 0.4) is 0 Å². The van der Waals surface area contributed by atoms with Crippen LogP contribution in [-0.2, 0) is 16.1 Å². The summed E-state index contributed by atoms with van der Waals surface area (Å²) in [7, 11) is 1.42. The van der Waals surface area contributed by atoms with Crippen molar-refractivity contribution in [1.29, 1.82) is 0 Å². The molecule has 0 radical (unpaired) electrons. The van der Waals surface area contributed by atoms with Gasteiger partial charge in [-0.3, -0.25) is 0 Å². The number of carbonyl (C=O) groups excluding carboxylic acids is 1. The van der Waals surface area contributed by atoms with Crippen LogP contribution < -0.4 is 10.1 Å². The molecule has 0 amide bonds. The molecule has 3 rings (SSSR count). The molecule has 0 fully saturated rings. The molecule has 0 aliphatic carbocycles. The van der Waals surface area contributed by atoms with Gasteiger partial charge in [0.1, 0.15) is 12.4 Å². The first-order chi connectivity index (χ1) is 13.4. The molecule has 1 unspecified atom stereocenters. The Labute approximate surface area is 166 Å². The zero-order valence-corrected chi connectivity index (χ0v) is 17.1. The molecule has 0 spiro atoms. The molecule has 146 valence electrons. The van der Waals surface area contributed by atoms with Crippen LogP contribution in [0.2, 0.25) is 0 Å². The van der Waals surface area contributed by atoms with Gasteiger partial charge in [-0.05, 0) is 44.9 Å². The van der Waals surface area contributed by atoms with Gasteiger partial charge in [0.2, 0.25) is 0 Å². The number of aryl methyl sites for hydroxylation is 1. The lowest BCUT2D eigenvalue weighted by molar-refractivity contribution is -0.136. The number of benzene rings is 2. The Kier molecular flexibility index (Phi) is 5.88. The standard InChI is InChI=1S/C24H27NO3/c1-15-10-12-19(13-11-15)14-28-21-9-7-6-8-20(21)22-16(2)17(3)25-18(4)23(22)24(26)27-5/h6-13,22,25H,14H2,1-5H3. The first kappa shape index (κ1) is 19.7. The maximum atomic E-state index is 12.6. The van der Waals surface area contributed by atoms with Gasteiger partial charge in [0, 0.05) is 22.9 Å². The minimum atomic E-state index is -0.324. The summed E-state index contributed by atoms with van der Waals surface area (Å²) in [4.78, 5) is 12.6. The molecule has 0 bridgehead atoms. The predicted octanol–water partition coefficient (Wildman–Crippen LogP) is 5.00. The maximum absolute atomic E-state index is 12.6. The fourth-order valence-corrected chi connectivity index (χ4v) is 3.56. The molecule has 1 aliphatic rings. The number of allylic oxidation sites excluding steroid dienone is 3. The number of para-hydroxylation sites is 1. The molecule has 1 heterocycles. The number of hydrogen-bond donors (Lipinski definition) is 1. The molecular weight excluding hydrogens is 350 g/mol. The lowest BCUT2D eigenvalue weighted by atomic mass is 9.81. The van der Waals surface area contributed by atoms with Gasteiger partial charge in [-0.15, -0.1) is 0 Å². The lowest BCUT2D eigenvalue weighted by Gasteiger charge is -2.30. The molecular formula is C24H27NO3. The van der Waals surface area contributed by atoms with Crippen molar-refractivity contribution in [2.45, 2.75) is 40.2 Å². The van der Waals surface area contributed by atoms with E-state index in [2.05, 4.69) is 36.5 Å². The van der Waals surface area contributed by atoms with E-state index >= 15 is 0 Å². The molecule has 2 aromatic rings. The number of rotatable bonds is 5. The first-order valence-electron chi connectivity index (χ1n) is 9.43. The maximum Gasteiger partial charge on any atom is 0.336 e. The van der Waals surface area contributed by atoms with E-state index in [1.807, 2.05) is 45.0 Å². The van der Waals surface area contributed by atoms with Crippen LogP contribution in [0, 0.1) is 6.92 Å². The molecule has 1 N–H and O–H groups in total. The monoisotopic (exact) mass is 377 g/mol. The number of hydrogen-bond acceptors (Lipinski definition) is 4. The van der Waals surface area contributed by atoms with E-state index in [9.17, 15) is 4.79 Å². The molecule has 28 heavy (non-hydrogen) atoms. The predicted molar refractivity (Wildman–Crippen MR) is 111 cm³/mol. The van der Waals surface area contributed by atoms with Gasteiger partial charge in [-0.1, -0.05) is 48.0 Å². The fourth-order valence-electron chi connectivity index (χ4n) is 3.56. The highest BCUT2D eigenvalue weighted by Gasteiger charge is 2.33. The third kappa shape index (κ3) is 3.96. The van der Waals surface area contributed by atoms with Crippen LogP contribution in [-0.4, -0.2) is 13.1 Å². The van der Waals surface area contributed by atoms with E-state index in [0.29, 0.717) is 12.2 Å². The highest BCUT2D eigenvalue weighted by atomic mass is 16.5. The highest BCUT2D eigenvalue weighted by molar-refractivity contribution is 5.92. The van der Waals surface area contributed by atoms with E-state index in [0.717, 1.165) is 33.8 Å². The average Bonchev–Trinajstić information content (AvgIpc) is 2.70. The van der Waals surface area contributed by atoms with Gasteiger partial charge >= 0.3 is 5.97 Å². The van der Waals surface area contributed by atoms with Crippen LogP contribution >= 0.6 is 0 Å². The number of dihydropyridines is 1. The summed E-state index contributed by atoms with van der Waals surface area (Å²) in [6.07, 6.45) is 0. The van der Waals surface area contributed by atoms with Crippen molar-refractivity contribution in [1.82, 2.24) is 5.32 Å². The molecule has 0 saturated heterocycles. The summed E-state index contributed by atoms with van der Waals surface area (Å²) in [5.41, 5.74) is 6.85. The zero-order valence-electron chi connectivity index (χ0n) is 17.1. The second-order valence-corrected chi connectivity index (χ2v) is 7.21. The number of nitrogens with one attached hydrogen (secondary N) is 1. The van der Waals surface area contributed by atoms with Gasteiger partial charge < -0.3 is 14.8 Å². The number of esters is 1. The van der Waals surface area contributed by atoms with Crippen LogP contribution in [0.4, 0.5) is 0 Å². The zero-order chi connectivity index (χ0) is 20.3. The third-order valence-electron chi connectivity index (χ3n) is 5.24. The lowest BCUT2D eigenvalue weighted by Crippen LogP contribution is -2.28. The molecule has 1 atom stereocenters. The summed E-state index contributed by atoms with van der Waals surface area (Å²) < 4.78 is 11.3. The van der Waals surface area contributed by atoms with Gasteiger partial charge in [-0.25, -0.2) is 4.79 Å². The van der Waals surface area contributed by atoms with Crippen molar-refractivity contribution < 1.29 is 14.3 Å². The van der Waals surface area contributed by atoms with Crippen molar-refractivity contribution in [3.8, 4) is 5.75 Å².